The summed E-state index contributed by atoms with van der Waals surface area (Å²) in [6, 6.07) is 15.3. The van der Waals surface area contributed by atoms with Crippen molar-refractivity contribution in [2.75, 3.05) is 0 Å². The topological polar surface area (TPSA) is 0 Å². The lowest BCUT2D eigenvalue weighted by molar-refractivity contribution is 0.419. The Morgan fingerprint density at radius 2 is 1.62 bits per heavy atom. The molecule has 3 rings (SSSR count). The molecule has 0 spiro atoms. The van der Waals surface area contributed by atoms with Crippen molar-refractivity contribution in [3.8, 4) is 0 Å². The van der Waals surface area contributed by atoms with Gasteiger partial charge in [0.25, 0.3) is 0 Å². The zero-order valence-electron chi connectivity index (χ0n) is 12.7. The molecular weight excluding hydrogens is 276 g/mol. The molecule has 1 unspecified atom stereocenters. The highest BCUT2D eigenvalue weighted by atomic mass is 35.5. The summed E-state index contributed by atoms with van der Waals surface area (Å²) >= 11 is 6.65. The van der Waals surface area contributed by atoms with Gasteiger partial charge in [0.1, 0.15) is 0 Å². The molecule has 112 valence electrons. The Kier molecular flexibility index (Phi) is 5.19. The first-order valence-corrected chi connectivity index (χ1v) is 8.86. The van der Waals surface area contributed by atoms with E-state index in [1.165, 1.54) is 61.3 Å². The molecule has 0 bridgehead atoms. The zero-order valence-corrected chi connectivity index (χ0v) is 13.5. The summed E-state index contributed by atoms with van der Waals surface area (Å²) in [6.07, 6.45) is 10.6. The van der Waals surface area contributed by atoms with E-state index in [9.17, 15) is 0 Å². The number of hydrogen-bond donors (Lipinski definition) is 0. The normalized spacial score (nSPS) is 18.5. The number of fused-ring (bicyclic) bond motifs is 1. The Balaban J connectivity index is 1.61. The van der Waals surface area contributed by atoms with Crippen LogP contribution >= 0.6 is 11.6 Å². The van der Waals surface area contributed by atoms with Crippen LogP contribution in [0.4, 0.5) is 0 Å². The predicted octanol–water partition coefficient (Wildman–Crippen LogP) is 6.35. The molecule has 0 aromatic heterocycles. The van der Waals surface area contributed by atoms with E-state index in [1.54, 1.807) is 0 Å². The van der Waals surface area contributed by atoms with Crippen molar-refractivity contribution < 1.29 is 0 Å². The van der Waals surface area contributed by atoms with Crippen LogP contribution in [0.1, 0.15) is 50.5 Å². The van der Waals surface area contributed by atoms with Crippen LogP contribution < -0.4 is 0 Å². The van der Waals surface area contributed by atoms with Gasteiger partial charge in [0.05, 0.1) is 0 Å². The molecule has 1 fully saturated rings. The second-order valence-corrected chi connectivity index (χ2v) is 7.19. The summed E-state index contributed by atoms with van der Waals surface area (Å²) in [5, 5.41) is 2.93. The van der Waals surface area contributed by atoms with Gasteiger partial charge in [0, 0.05) is 5.38 Å². The summed E-state index contributed by atoms with van der Waals surface area (Å²) in [4.78, 5) is 0. The standard InChI is InChI=1S/C20H25Cl/c21-20(14-16-7-3-1-2-4-8-16)15-17-11-12-18-9-5-6-10-19(18)13-17/h5-6,9-13,16,20H,1-4,7-8,14-15H2. The smallest absolute Gasteiger partial charge is 0.0379 e. The Bertz CT molecular complexity index is 567. The lowest BCUT2D eigenvalue weighted by atomic mass is 9.92. The van der Waals surface area contributed by atoms with Crippen molar-refractivity contribution >= 4 is 22.4 Å². The van der Waals surface area contributed by atoms with Crippen LogP contribution in [0.5, 0.6) is 0 Å². The van der Waals surface area contributed by atoms with E-state index in [1.807, 2.05) is 0 Å². The van der Waals surface area contributed by atoms with Gasteiger partial charge in [-0.1, -0.05) is 81.0 Å². The summed E-state index contributed by atoms with van der Waals surface area (Å²) in [5.41, 5.74) is 1.38. The summed E-state index contributed by atoms with van der Waals surface area (Å²) < 4.78 is 0. The van der Waals surface area contributed by atoms with Crippen molar-refractivity contribution in [3.63, 3.8) is 0 Å². The minimum atomic E-state index is 0.286. The van der Waals surface area contributed by atoms with Crippen LogP contribution in [-0.4, -0.2) is 5.38 Å². The quantitative estimate of drug-likeness (QED) is 0.456. The highest BCUT2D eigenvalue weighted by Gasteiger charge is 2.17. The van der Waals surface area contributed by atoms with Crippen LogP contribution in [0.15, 0.2) is 42.5 Å². The molecule has 21 heavy (non-hydrogen) atoms. The van der Waals surface area contributed by atoms with E-state index >= 15 is 0 Å². The fourth-order valence-electron chi connectivity index (χ4n) is 3.67. The van der Waals surface area contributed by atoms with E-state index in [4.69, 9.17) is 11.6 Å². The first kappa shape index (κ1) is 14.9. The van der Waals surface area contributed by atoms with E-state index in [0.717, 1.165) is 12.3 Å². The van der Waals surface area contributed by atoms with Gasteiger partial charge in [-0.15, -0.1) is 11.6 Å². The van der Waals surface area contributed by atoms with Crippen molar-refractivity contribution in [3.05, 3.63) is 48.0 Å². The summed E-state index contributed by atoms with van der Waals surface area (Å²) in [6.45, 7) is 0. The zero-order chi connectivity index (χ0) is 14.5. The largest absolute Gasteiger partial charge is 0.123 e. The lowest BCUT2D eigenvalue weighted by Gasteiger charge is -2.18. The fraction of sp³-hybridized carbons (Fsp3) is 0.500. The molecule has 1 heteroatoms. The molecule has 2 aromatic rings. The van der Waals surface area contributed by atoms with E-state index in [-0.39, 0.29) is 5.38 Å². The number of hydrogen-bond acceptors (Lipinski definition) is 0. The summed E-state index contributed by atoms with van der Waals surface area (Å²) in [5.74, 6) is 0.857. The molecule has 1 aliphatic carbocycles. The highest BCUT2D eigenvalue weighted by molar-refractivity contribution is 6.20. The third kappa shape index (κ3) is 4.23. The van der Waals surface area contributed by atoms with E-state index in [0.29, 0.717) is 0 Å². The monoisotopic (exact) mass is 300 g/mol. The maximum absolute atomic E-state index is 6.65. The van der Waals surface area contributed by atoms with Gasteiger partial charge in [-0.25, -0.2) is 0 Å². The second-order valence-electron chi connectivity index (χ2n) is 6.58. The Morgan fingerprint density at radius 3 is 2.38 bits per heavy atom. The molecule has 1 saturated carbocycles. The minimum Gasteiger partial charge on any atom is -0.123 e. The average molecular weight is 301 g/mol. The van der Waals surface area contributed by atoms with E-state index < -0.39 is 0 Å². The minimum absolute atomic E-state index is 0.286. The predicted molar refractivity (Wildman–Crippen MR) is 93.1 cm³/mol. The van der Waals surface area contributed by atoms with Crippen molar-refractivity contribution in [1.82, 2.24) is 0 Å². The molecule has 0 nitrogen and oxygen atoms in total. The SMILES string of the molecule is ClC(Cc1ccc2ccccc2c1)CC1CCCCCC1. The maximum Gasteiger partial charge on any atom is 0.0379 e. The van der Waals surface area contributed by atoms with Crippen molar-refractivity contribution in [2.24, 2.45) is 5.92 Å². The third-order valence-electron chi connectivity index (χ3n) is 4.83. The van der Waals surface area contributed by atoms with Gasteiger partial charge in [-0.05, 0) is 35.1 Å². The molecule has 0 saturated heterocycles. The van der Waals surface area contributed by atoms with Crippen LogP contribution in [-0.2, 0) is 6.42 Å². The van der Waals surface area contributed by atoms with Gasteiger partial charge in [-0.3, -0.25) is 0 Å². The molecule has 2 aromatic carbocycles. The maximum atomic E-state index is 6.65. The van der Waals surface area contributed by atoms with Crippen LogP contribution in [0.25, 0.3) is 10.8 Å². The van der Waals surface area contributed by atoms with Gasteiger partial charge >= 0.3 is 0 Å². The number of benzene rings is 2. The summed E-state index contributed by atoms with van der Waals surface area (Å²) in [7, 11) is 0. The average Bonchev–Trinajstić information content (AvgIpc) is 2.75. The molecule has 0 N–H and O–H groups in total. The molecule has 1 atom stereocenters. The highest BCUT2D eigenvalue weighted by Crippen LogP contribution is 2.29. The first-order chi connectivity index (χ1) is 10.3. The Labute approximate surface area is 133 Å². The molecule has 0 radical (unpaired) electrons. The molecule has 0 amide bonds. The van der Waals surface area contributed by atoms with Crippen LogP contribution in [0.3, 0.4) is 0 Å². The Morgan fingerprint density at radius 1 is 0.905 bits per heavy atom. The van der Waals surface area contributed by atoms with Crippen molar-refractivity contribution in [2.45, 2.75) is 56.7 Å². The fourth-order valence-corrected chi connectivity index (χ4v) is 4.10. The van der Waals surface area contributed by atoms with Gasteiger partial charge < -0.3 is 0 Å². The van der Waals surface area contributed by atoms with Crippen LogP contribution in [0, 0.1) is 5.92 Å². The van der Waals surface area contributed by atoms with Gasteiger partial charge in [-0.2, -0.15) is 0 Å². The molecule has 0 aliphatic heterocycles. The molecule has 0 heterocycles. The third-order valence-corrected chi connectivity index (χ3v) is 5.17. The van der Waals surface area contributed by atoms with Gasteiger partial charge in [0.15, 0.2) is 0 Å². The van der Waals surface area contributed by atoms with Crippen molar-refractivity contribution in [1.29, 1.82) is 0 Å². The lowest BCUT2D eigenvalue weighted by Crippen LogP contribution is -2.11. The van der Waals surface area contributed by atoms with E-state index in [2.05, 4.69) is 42.5 Å². The number of rotatable bonds is 4. The number of alkyl halides is 1. The molecular formula is C20H25Cl. The second kappa shape index (κ2) is 7.31. The van der Waals surface area contributed by atoms with Crippen LogP contribution in [0.2, 0.25) is 0 Å². The Hall–Kier alpha value is -1.01. The van der Waals surface area contributed by atoms with Gasteiger partial charge in [0.2, 0.25) is 0 Å². The molecule has 1 aliphatic rings. The number of halogens is 1. The first-order valence-electron chi connectivity index (χ1n) is 8.43.